The number of aromatic nitrogens is 2. The molecule has 0 N–H and O–H groups in total. The first-order chi connectivity index (χ1) is 16.0. The molecule has 33 heavy (non-hydrogen) atoms. The van der Waals surface area contributed by atoms with Gasteiger partial charge >= 0.3 is 5.97 Å². The maximum atomic E-state index is 12.6. The van der Waals surface area contributed by atoms with E-state index in [0.29, 0.717) is 43.6 Å². The Labute approximate surface area is 188 Å². The van der Waals surface area contributed by atoms with Gasteiger partial charge in [0.15, 0.2) is 12.4 Å². The number of carbonyl (C=O) groups is 3. The largest absolute Gasteiger partial charge is 0.459 e. The summed E-state index contributed by atoms with van der Waals surface area (Å²) in [6, 6.07) is 7.87. The van der Waals surface area contributed by atoms with Gasteiger partial charge in [-0.25, -0.2) is 9.78 Å². The molecule has 1 aromatic carbocycles. The highest BCUT2D eigenvalue weighted by Gasteiger charge is 2.26. The van der Waals surface area contributed by atoms with Gasteiger partial charge in [-0.1, -0.05) is 0 Å². The molecular formula is C23H22N4O6. The highest BCUT2D eigenvalue weighted by atomic mass is 16.5. The van der Waals surface area contributed by atoms with Crippen LogP contribution in [0.2, 0.25) is 0 Å². The van der Waals surface area contributed by atoms with Crippen molar-refractivity contribution in [3.8, 4) is 0 Å². The molecule has 2 aromatic heterocycles. The van der Waals surface area contributed by atoms with Gasteiger partial charge in [-0.2, -0.15) is 0 Å². The topological polar surface area (TPSA) is 115 Å². The van der Waals surface area contributed by atoms with Crippen molar-refractivity contribution in [2.75, 3.05) is 32.8 Å². The quantitative estimate of drug-likeness (QED) is 0.546. The van der Waals surface area contributed by atoms with Gasteiger partial charge in [0.1, 0.15) is 5.82 Å². The molecule has 10 heteroatoms. The number of piperazine rings is 1. The Balaban J connectivity index is 1.18. The van der Waals surface area contributed by atoms with Gasteiger partial charge in [0.25, 0.3) is 17.4 Å². The third-order valence-electron chi connectivity index (χ3n) is 6.03. The number of carbonyl (C=O) groups excluding carboxylic acids is 3. The number of amides is 2. The molecule has 0 radical (unpaired) electrons. The van der Waals surface area contributed by atoms with E-state index in [2.05, 4.69) is 4.98 Å². The van der Waals surface area contributed by atoms with Gasteiger partial charge in [-0.15, -0.1) is 0 Å². The van der Waals surface area contributed by atoms with Crippen molar-refractivity contribution in [1.29, 1.82) is 0 Å². The van der Waals surface area contributed by atoms with E-state index in [1.807, 2.05) is 0 Å². The molecule has 2 aliphatic rings. The van der Waals surface area contributed by atoms with Crippen molar-refractivity contribution in [3.05, 3.63) is 64.1 Å². The number of fused-ring (bicyclic) bond motifs is 2. The number of benzene rings is 1. The zero-order valence-corrected chi connectivity index (χ0v) is 17.9. The smallest absolute Gasteiger partial charge is 0.338 e. The van der Waals surface area contributed by atoms with Crippen LogP contribution in [0.3, 0.4) is 0 Å². The molecule has 4 heterocycles. The first kappa shape index (κ1) is 20.9. The SMILES string of the molecule is O=C(OCC(=O)N1CCN(C(=O)c2ccco2)CC1)c1ccc2c(=O)n3c(nc2c1)CCC3. The number of hydrogen-bond donors (Lipinski definition) is 0. The Morgan fingerprint density at radius 3 is 2.58 bits per heavy atom. The van der Waals surface area contributed by atoms with Gasteiger partial charge in [0, 0.05) is 39.1 Å². The van der Waals surface area contributed by atoms with Crippen LogP contribution in [0.5, 0.6) is 0 Å². The Bertz CT molecular complexity index is 1290. The van der Waals surface area contributed by atoms with E-state index in [1.165, 1.54) is 18.4 Å². The van der Waals surface area contributed by atoms with Gasteiger partial charge in [0.05, 0.1) is 22.7 Å². The normalized spacial score (nSPS) is 15.5. The third kappa shape index (κ3) is 3.99. The molecule has 0 atom stereocenters. The predicted molar refractivity (Wildman–Crippen MR) is 116 cm³/mol. The zero-order valence-electron chi connectivity index (χ0n) is 17.9. The van der Waals surface area contributed by atoms with Gasteiger partial charge in [-0.3, -0.25) is 19.0 Å². The number of esters is 1. The summed E-state index contributed by atoms with van der Waals surface area (Å²) in [6.45, 7) is 1.69. The van der Waals surface area contributed by atoms with Crippen LogP contribution in [0.1, 0.15) is 33.2 Å². The van der Waals surface area contributed by atoms with Crippen molar-refractivity contribution >= 4 is 28.7 Å². The number of ether oxygens (including phenoxy) is 1. The molecule has 0 bridgehead atoms. The van der Waals surface area contributed by atoms with Crippen LogP contribution in [-0.4, -0.2) is 69.9 Å². The highest BCUT2D eigenvalue weighted by molar-refractivity contribution is 5.95. The van der Waals surface area contributed by atoms with Crippen molar-refractivity contribution in [1.82, 2.24) is 19.4 Å². The summed E-state index contributed by atoms with van der Waals surface area (Å²) in [7, 11) is 0. The molecule has 3 aromatic rings. The fourth-order valence-corrected chi connectivity index (χ4v) is 4.23. The summed E-state index contributed by atoms with van der Waals surface area (Å²) in [6.07, 6.45) is 3.05. The second kappa shape index (κ2) is 8.53. The average molecular weight is 450 g/mol. The number of hydrogen-bond acceptors (Lipinski definition) is 7. The predicted octanol–water partition coefficient (Wildman–Crippen LogP) is 1.08. The molecule has 2 aliphatic heterocycles. The molecule has 0 spiro atoms. The molecule has 0 saturated carbocycles. The molecular weight excluding hydrogens is 428 g/mol. The van der Waals surface area contributed by atoms with Crippen LogP contribution >= 0.6 is 0 Å². The average Bonchev–Trinajstić information content (AvgIpc) is 3.54. The fraction of sp³-hybridized carbons (Fsp3) is 0.348. The second-order valence-electron chi connectivity index (χ2n) is 8.05. The summed E-state index contributed by atoms with van der Waals surface area (Å²) >= 11 is 0. The maximum Gasteiger partial charge on any atom is 0.338 e. The molecule has 170 valence electrons. The lowest BCUT2D eigenvalue weighted by atomic mass is 10.1. The van der Waals surface area contributed by atoms with E-state index >= 15 is 0 Å². The van der Waals surface area contributed by atoms with E-state index in [9.17, 15) is 19.2 Å². The number of furan rings is 1. The summed E-state index contributed by atoms with van der Waals surface area (Å²) < 4.78 is 12.0. The minimum absolute atomic E-state index is 0.104. The minimum Gasteiger partial charge on any atom is -0.459 e. The summed E-state index contributed by atoms with van der Waals surface area (Å²) in [5.74, 6) is -0.212. The molecule has 1 saturated heterocycles. The summed E-state index contributed by atoms with van der Waals surface area (Å²) in [5.41, 5.74) is 0.581. The lowest BCUT2D eigenvalue weighted by molar-refractivity contribution is -0.136. The van der Waals surface area contributed by atoms with Gasteiger partial charge < -0.3 is 19.0 Å². The third-order valence-corrected chi connectivity index (χ3v) is 6.03. The lowest BCUT2D eigenvalue weighted by Crippen LogP contribution is -2.51. The van der Waals surface area contributed by atoms with Crippen LogP contribution in [0.25, 0.3) is 10.9 Å². The summed E-state index contributed by atoms with van der Waals surface area (Å²) in [5, 5.41) is 0.454. The lowest BCUT2D eigenvalue weighted by Gasteiger charge is -2.34. The molecule has 1 fully saturated rings. The molecule has 10 nitrogen and oxygen atoms in total. The van der Waals surface area contributed by atoms with Crippen molar-refractivity contribution in [2.24, 2.45) is 0 Å². The highest BCUT2D eigenvalue weighted by Crippen LogP contribution is 2.17. The van der Waals surface area contributed by atoms with Crippen molar-refractivity contribution in [3.63, 3.8) is 0 Å². The Morgan fingerprint density at radius 2 is 1.82 bits per heavy atom. The molecule has 5 rings (SSSR count). The van der Waals surface area contributed by atoms with E-state index in [-0.39, 0.29) is 28.7 Å². The Kier molecular flexibility index (Phi) is 5.41. The number of aryl methyl sites for hydroxylation is 1. The monoisotopic (exact) mass is 450 g/mol. The van der Waals surface area contributed by atoms with Crippen LogP contribution in [0, 0.1) is 0 Å². The van der Waals surface area contributed by atoms with E-state index in [0.717, 1.165) is 18.7 Å². The van der Waals surface area contributed by atoms with Crippen LogP contribution in [0.15, 0.2) is 45.8 Å². The van der Waals surface area contributed by atoms with E-state index < -0.39 is 12.6 Å². The summed E-state index contributed by atoms with van der Waals surface area (Å²) in [4.78, 5) is 57.6. The first-order valence-electron chi connectivity index (χ1n) is 10.8. The Morgan fingerprint density at radius 1 is 1.03 bits per heavy atom. The second-order valence-corrected chi connectivity index (χ2v) is 8.05. The first-order valence-corrected chi connectivity index (χ1v) is 10.8. The van der Waals surface area contributed by atoms with Crippen LogP contribution in [0.4, 0.5) is 0 Å². The fourth-order valence-electron chi connectivity index (χ4n) is 4.23. The van der Waals surface area contributed by atoms with Crippen LogP contribution < -0.4 is 5.56 Å². The molecule has 0 aliphatic carbocycles. The van der Waals surface area contributed by atoms with Gasteiger partial charge in [0.2, 0.25) is 0 Å². The van der Waals surface area contributed by atoms with E-state index in [1.54, 1.807) is 32.6 Å². The Hall–Kier alpha value is -3.95. The maximum absolute atomic E-state index is 12.6. The van der Waals surface area contributed by atoms with Crippen LogP contribution in [-0.2, 0) is 22.5 Å². The number of rotatable bonds is 4. The van der Waals surface area contributed by atoms with Gasteiger partial charge in [-0.05, 0) is 36.8 Å². The zero-order chi connectivity index (χ0) is 22.9. The molecule has 0 unspecified atom stereocenters. The number of nitrogens with zero attached hydrogens (tertiary/aromatic N) is 4. The van der Waals surface area contributed by atoms with E-state index in [4.69, 9.17) is 9.15 Å². The standard InChI is InChI=1S/C23H22N4O6/c28-20(25-8-10-26(11-9-25)22(30)18-3-2-12-32-18)14-33-23(31)15-5-6-16-17(13-15)24-19-4-1-7-27(19)21(16)29/h2-3,5-6,12-13H,1,4,7-11,14H2. The molecule has 2 amide bonds. The van der Waals surface area contributed by atoms with Crippen molar-refractivity contribution in [2.45, 2.75) is 19.4 Å². The van der Waals surface area contributed by atoms with Crippen molar-refractivity contribution < 1.29 is 23.5 Å². The minimum atomic E-state index is -0.653.